The van der Waals surface area contributed by atoms with Gasteiger partial charge < -0.3 is 0 Å². The molecule has 0 N–H and O–H groups in total. The van der Waals surface area contributed by atoms with E-state index in [2.05, 4.69) is 18.0 Å². The Bertz CT molecular complexity index is 175. The molecule has 0 radical (unpaired) electrons. The first-order chi connectivity index (χ1) is 4.29. The number of rotatable bonds is 0. The Morgan fingerprint density at radius 2 is 2.22 bits per heavy atom. The van der Waals surface area contributed by atoms with Crippen LogP contribution in [-0.2, 0) is 0 Å². The van der Waals surface area contributed by atoms with E-state index in [0.717, 1.165) is 5.71 Å². The van der Waals surface area contributed by atoms with E-state index in [1.165, 1.54) is 0 Å². The van der Waals surface area contributed by atoms with Crippen molar-refractivity contribution in [1.82, 2.24) is 0 Å². The second-order valence-electron chi connectivity index (χ2n) is 2.26. The summed E-state index contributed by atoms with van der Waals surface area (Å²) in [4.78, 5) is 4.32. The predicted octanol–water partition coefficient (Wildman–Crippen LogP) is 1.96. The summed E-state index contributed by atoms with van der Waals surface area (Å²) >= 11 is 0. The first-order valence-corrected chi connectivity index (χ1v) is 3.18. The zero-order chi connectivity index (χ0) is 6.69. The van der Waals surface area contributed by atoms with E-state index in [1.807, 2.05) is 25.2 Å². The van der Waals surface area contributed by atoms with Crippen molar-refractivity contribution in [2.75, 3.05) is 0 Å². The van der Waals surface area contributed by atoms with Crippen molar-refractivity contribution in [1.29, 1.82) is 0 Å². The highest BCUT2D eigenvalue weighted by Crippen LogP contribution is 1.98. The molecule has 0 fully saturated rings. The number of aliphatic imine (C=N–C) groups is 1. The lowest BCUT2D eigenvalue weighted by Crippen LogP contribution is -1.94. The van der Waals surface area contributed by atoms with E-state index in [-0.39, 0.29) is 0 Å². The van der Waals surface area contributed by atoms with Crippen LogP contribution in [0.1, 0.15) is 13.8 Å². The Kier molecular flexibility index (Phi) is 1.83. The molecule has 1 aliphatic rings. The monoisotopic (exact) mass is 121 g/mol. The van der Waals surface area contributed by atoms with E-state index in [9.17, 15) is 0 Å². The second kappa shape index (κ2) is 2.62. The predicted molar refractivity (Wildman–Crippen MR) is 40.9 cm³/mol. The largest absolute Gasteiger partial charge is 0.283 e. The molecule has 0 aromatic carbocycles. The molecule has 0 saturated heterocycles. The molecule has 1 nitrogen and oxygen atoms in total. The summed E-state index contributed by atoms with van der Waals surface area (Å²) in [6, 6.07) is 0.347. The molecule has 1 atom stereocenters. The third-order valence-electron chi connectivity index (χ3n) is 1.25. The van der Waals surface area contributed by atoms with Gasteiger partial charge in [0.25, 0.3) is 0 Å². The Labute approximate surface area is 55.8 Å². The van der Waals surface area contributed by atoms with Crippen molar-refractivity contribution in [2.24, 2.45) is 4.99 Å². The van der Waals surface area contributed by atoms with Crippen LogP contribution in [0, 0.1) is 0 Å². The molecule has 0 amide bonds. The van der Waals surface area contributed by atoms with Gasteiger partial charge in [0.2, 0.25) is 0 Å². The van der Waals surface area contributed by atoms with Crippen LogP contribution in [0.4, 0.5) is 0 Å². The minimum absolute atomic E-state index is 0.347. The third-order valence-corrected chi connectivity index (χ3v) is 1.25. The van der Waals surface area contributed by atoms with Gasteiger partial charge in [-0.2, -0.15) is 0 Å². The van der Waals surface area contributed by atoms with Crippen LogP contribution >= 0.6 is 0 Å². The molecule has 0 saturated carbocycles. The molecule has 1 aliphatic heterocycles. The number of hydrogen-bond donors (Lipinski definition) is 0. The molecule has 0 spiro atoms. The van der Waals surface area contributed by atoms with Crippen molar-refractivity contribution in [2.45, 2.75) is 19.9 Å². The van der Waals surface area contributed by atoms with Crippen molar-refractivity contribution in [3.05, 3.63) is 24.3 Å². The van der Waals surface area contributed by atoms with Crippen LogP contribution in [-0.4, -0.2) is 11.8 Å². The standard InChI is InChI=1S/C8H11N/c1-7-5-3-4-6-8(2)9-7/h3-7H,1-2H3/t7-/m1/s1. The summed E-state index contributed by atoms with van der Waals surface area (Å²) in [5.41, 5.74) is 1.10. The normalized spacial score (nSPS) is 25.6. The van der Waals surface area contributed by atoms with Gasteiger partial charge in [-0.3, -0.25) is 4.99 Å². The molecule has 0 aromatic heterocycles. The molecule has 9 heavy (non-hydrogen) atoms. The van der Waals surface area contributed by atoms with Crippen molar-refractivity contribution >= 4 is 5.71 Å². The average molecular weight is 121 g/mol. The molecule has 1 heterocycles. The van der Waals surface area contributed by atoms with Gasteiger partial charge in [0.1, 0.15) is 0 Å². The number of nitrogens with zero attached hydrogens (tertiary/aromatic N) is 1. The smallest absolute Gasteiger partial charge is 0.0657 e. The molecule has 1 heteroatoms. The average Bonchev–Trinajstić information content (AvgIpc) is 1.93. The third kappa shape index (κ3) is 1.84. The van der Waals surface area contributed by atoms with Crippen molar-refractivity contribution in [3.63, 3.8) is 0 Å². The van der Waals surface area contributed by atoms with Crippen LogP contribution in [0.15, 0.2) is 29.3 Å². The van der Waals surface area contributed by atoms with Crippen molar-refractivity contribution < 1.29 is 0 Å². The molecule has 0 aliphatic carbocycles. The summed E-state index contributed by atoms with van der Waals surface area (Å²) in [6.45, 7) is 4.09. The van der Waals surface area contributed by atoms with Crippen LogP contribution < -0.4 is 0 Å². The van der Waals surface area contributed by atoms with Gasteiger partial charge in [0.05, 0.1) is 6.04 Å². The fraction of sp³-hybridized carbons (Fsp3) is 0.375. The van der Waals surface area contributed by atoms with Crippen molar-refractivity contribution in [3.8, 4) is 0 Å². The summed E-state index contributed by atoms with van der Waals surface area (Å²) in [6.07, 6.45) is 8.14. The molecular formula is C8H11N. The zero-order valence-corrected chi connectivity index (χ0v) is 5.83. The second-order valence-corrected chi connectivity index (χ2v) is 2.26. The summed E-state index contributed by atoms with van der Waals surface area (Å²) < 4.78 is 0. The Hall–Kier alpha value is -0.850. The summed E-state index contributed by atoms with van der Waals surface area (Å²) in [5.74, 6) is 0. The molecule has 48 valence electrons. The molecule has 0 unspecified atom stereocenters. The maximum absolute atomic E-state index is 4.32. The highest BCUT2D eigenvalue weighted by atomic mass is 14.8. The van der Waals surface area contributed by atoms with Gasteiger partial charge >= 0.3 is 0 Å². The lowest BCUT2D eigenvalue weighted by molar-refractivity contribution is 0.929. The molecule has 1 rings (SSSR count). The first-order valence-electron chi connectivity index (χ1n) is 3.18. The van der Waals surface area contributed by atoms with Crippen LogP contribution in [0.2, 0.25) is 0 Å². The Morgan fingerprint density at radius 1 is 1.44 bits per heavy atom. The SMILES string of the molecule is CC1=N[C@H](C)C=CC=C1. The highest BCUT2D eigenvalue weighted by Gasteiger charge is 1.93. The minimum atomic E-state index is 0.347. The van der Waals surface area contributed by atoms with Crippen LogP contribution in [0.5, 0.6) is 0 Å². The van der Waals surface area contributed by atoms with Gasteiger partial charge in [0, 0.05) is 5.71 Å². The topological polar surface area (TPSA) is 12.4 Å². The molecular weight excluding hydrogens is 110 g/mol. The summed E-state index contributed by atoms with van der Waals surface area (Å²) in [7, 11) is 0. The summed E-state index contributed by atoms with van der Waals surface area (Å²) in [5, 5.41) is 0. The van der Waals surface area contributed by atoms with Gasteiger partial charge in [-0.25, -0.2) is 0 Å². The van der Waals surface area contributed by atoms with E-state index < -0.39 is 0 Å². The quantitative estimate of drug-likeness (QED) is 0.464. The van der Waals surface area contributed by atoms with E-state index in [1.54, 1.807) is 0 Å². The molecule has 0 bridgehead atoms. The number of hydrogen-bond acceptors (Lipinski definition) is 1. The maximum Gasteiger partial charge on any atom is 0.0657 e. The van der Waals surface area contributed by atoms with Gasteiger partial charge in [0.15, 0.2) is 0 Å². The van der Waals surface area contributed by atoms with Crippen LogP contribution in [0.25, 0.3) is 0 Å². The van der Waals surface area contributed by atoms with E-state index >= 15 is 0 Å². The van der Waals surface area contributed by atoms with Gasteiger partial charge in [-0.1, -0.05) is 18.2 Å². The zero-order valence-electron chi connectivity index (χ0n) is 5.83. The first kappa shape index (κ1) is 6.27. The number of allylic oxidation sites excluding steroid dienone is 3. The van der Waals surface area contributed by atoms with Gasteiger partial charge in [-0.05, 0) is 19.9 Å². The van der Waals surface area contributed by atoms with E-state index in [0.29, 0.717) is 6.04 Å². The molecule has 0 aromatic rings. The lowest BCUT2D eigenvalue weighted by atomic mass is 10.3. The fourth-order valence-electron chi connectivity index (χ4n) is 0.827. The Balaban J connectivity index is 2.77. The highest BCUT2D eigenvalue weighted by molar-refractivity contribution is 5.93. The minimum Gasteiger partial charge on any atom is -0.283 e. The van der Waals surface area contributed by atoms with Crippen LogP contribution in [0.3, 0.4) is 0 Å². The lowest BCUT2D eigenvalue weighted by Gasteiger charge is -1.95. The maximum atomic E-state index is 4.32. The Morgan fingerprint density at radius 3 is 3.00 bits per heavy atom. The fourth-order valence-corrected chi connectivity index (χ4v) is 0.827. The van der Waals surface area contributed by atoms with E-state index in [4.69, 9.17) is 0 Å². The van der Waals surface area contributed by atoms with Gasteiger partial charge in [-0.15, -0.1) is 0 Å².